The van der Waals surface area contributed by atoms with E-state index in [9.17, 15) is 10.1 Å². The number of fused-ring (bicyclic) bond motifs is 1. The molecule has 0 N–H and O–H groups in total. The quantitative estimate of drug-likeness (QED) is 0.602. The van der Waals surface area contributed by atoms with Crippen LogP contribution >= 0.6 is 0 Å². The third-order valence-corrected chi connectivity index (χ3v) is 4.82. The molecule has 134 valence electrons. The van der Waals surface area contributed by atoms with E-state index in [2.05, 4.69) is 15.2 Å². The van der Waals surface area contributed by atoms with Gasteiger partial charge in [-0.25, -0.2) is 4.63 Å². The SMILES string of the molecule is CN(C)c1cc(N2CCC3(CC2)OCCO3)c2nonc2c1[N+](=O)[O-]. The molecule has 0 bridgehead atoms. The summed E-state index contributed by atoms with van der Waals surface area (Å²) in [6, 6.07) is 1.78. The molecule has 0 unspecified atom stereocenters. The van der Waals surface area contributed by atoms with Gasteiger partial charge in [0, 0.05) is 40.0 Å². The van der Waals surface area contributed by atoms with Gasteiger partial charge in [0.25, 0.3) is 0 Å². The van der Waals surface area contributed by atoms with E-state index in [1.54, 1.807) is 25.1 Å². The van der Waals surface area contributed by atoms with E-state index >= 15 is 0 Å². The first-order valence-electron chi connectivity index (χ1n) is 8.15. The number of piperidine rings is 1. The second-order valence-corrected chi connectivity index (χ2v) is 6.47. The van der Waals surface area contributed by atoms with Gasteiger partial charge in [0.2, 0.25) is 5.52 Å². The molecule has 2 aliphatic rings. The second kappa shape index (κ2) is 5.81. The standard InChI is InChI=1S/C15H19N5O5/c1-18(2)11-9-10(12-13(17-25-16-12)14(11)20(21)22)19-5-3-15(4-6-19)23-7-8-24-15/h9H,3-8H2,1-2H3. The highest BCUT2D eigenvalue weighted by Crippen LogP contribution is 2.41. The normalized spacial score (nSPS) is 19.7. The van der Waals surface area contributed by atoms with E-state index in [1.165, 1.54) is 0 Å². The smallest absolute Gasteiger partial charge is 0.323 e. The van der Waals surface area contributed by atoms with Crippen molar-refractivity contribution in [2.45, 2.75) is 18.6 Å². The zero-order valence-electron chi connectivity index (χ0n) is 14.1. The van der Waals surface area contributed by atoms with Gasteiger partial charge in [-0.3, -0.25) is 10.1 Å². The highest BCUT2D eigenvalue weighted by atomic mass is 16.7. The number of nitro groups is 1. The topological polar surface area (TPSA) is 107 Å². The minimum atomic E-state index is -0.483. The molecule has 25 heavy (non-hydrogen) atoms. The van der Waals surface area contributed by atoms with Gasteiger partial charge in [0.15, 0.2) is 11.3 Å². The van der Waals surface area contributed by atoms with Crippen molar-refractivity contribution in [3.63, 3.8) is 0 Å². The minimum Gasteiger partial charge on any atom is -0.372 e. The number of nitrogens with zero attached hydrogens (tertiary/aromatic N) is 5. The zero-order chi connectivity index (χ0) is 17.6. The van der Waals surface area contributed by atoms with Gasteiger partial charge in [-0.05, 0) is 16.4 Å². The van der Waals surface area contributed by atoms with Crippen molar-refractivity contribution in [1.29, 1.82) is 0 Å². The van der Waals surface area contributed by atoms with Gasteiger partial charge in [-0.1, -0.05) is 0 Å². The van der Waals surface area contributed by atoms with Gasteiger partial charge in [-0.2, -0.15) is 0 Å². The van der Waals surface area contributed by atoms with E-state index in [0.717, 1.165) is 18.5 Å². The van der Waals surface area contributed by atoms with Gasteiger partial charge in [0.05, 0.1) is 23.8 Å². The Hall–Kier alpha value is -2.46. The molecule has 0 aliphatic carbocycles. The second-order valence-electron chi connectivity index (χ2n) is 6.47. The summed E-state index contributed by atoms with van der Waals surface area (Å²) in [5, 5.41) is 19.2. The Morgan fingerprint density at radius 1 is 1.20 bits per heavy atom. The molecular formula is C15H19N5O5. The van der Waals surface area contributed by atoms with E-state index in [4.69, 9.17) is 14.1 Å². The van der Waals surface area contributed by atoms with Crippen LogP contribution in [-0.4, -0.2) is 61.4 Å². The van der Waals surface area contributed by atoms with Crippen molar-refractivity contribution in [3.05, 3.63) is 16.2 Å². The number of hydrogen-bond donors (Lipinski definition) is 0. The van der Waals surface area contributed by atoms with Crippen LogP contribution in [0.5, 0.6) is 0 Å². The fourth-order valence-corrected chi connectivity index (χ4v) is 3.54. The van der Waals surface area contributed by atoms with Gasteiger partial charge >= 0.3 is 5.69 Å². The molecule has 0 atom stereocenters. The van der Waals surface area contributed by atoms with Gasteiger partial charge in [0.1, 0.15) is 5.69 Å². The maximum atomic E-state index is 11.5. The van der Waals surface area contributed by atoms with Crippen LogP contribution in [-0.2, 0) is 9.47 Å². The lowest BCUT2D eigenvalue weighted by Gasteiger charge is -2.38. The van der Waals surface area contributed by atoms with E-state index in [-0.39, 0.29) is 11.2 Å². The maximum Gasteiger partial charge on any atom is 0.323 e. The molecule has 0 amide bonds. The summed E-state index contributed by atoms with van der Waals surface area (Å²) >= 11 is 0. The molecule has 2 aromatic rings. The van der Waals surface area contributed by atoms with Crippen molar-refractivity contribution in [2.75, 3.05) is 50.2 Å². The summed E-state index contributed by atoms with van der Waals surface area (Å²) in [4.78, 5) is 14.9. The molecule has 10 heteroatoms. The van der Waals surface area contributed by atoms with Crippen LogP contribution in [0.2, 0.25) is 0 Å². The molecule has 0 saturated carbocycles. The minimum absolute atomic E-state index is 0.0964. The van der Waals surface area contributed by atoms with E-state index in [1.807, 2.05) is 0 Å². The number of nitro benzene ring substituents is 1. The average Bonchev–Trinajstić information content (AvgIpc) is 3.23. The summed E-state index contributed by atoms with van der Waals surface area (Å²) < 4.78 is 16.3. The number of aromatic nitrogens is 2. The Labute approximate surface area is 143 Å². The van der Waals surface area contributed by atoms with Gasteiger partial charge in [-0.15, -0.1) is 0 Å². The first-order valence-corrected chi connectivity index (χ1v) is 8.15. The Morgan fingerprint density at radius 3 is 2.44 bits per heavy atom. The number of anilines is 2. The molecule has 1 aromatic carbocycles. The van der Waals surface area contributed by atoms with Crippen LogP contribution in [0.3, 0.4) is 0 Å². The fourth-order valence-electron chi connectivity index (χ4n) is 3.54. The number of hydrogen-bond acceptors (Lipinski definition) is 9. The Balaban J connectivity index is 1.74. The van der Waals surface area contributed by atoms with Crippen molar-refractivity contribution in [1.82, 2.24) is 10.3 Å². The molecule has 3 heterocycles. The molecule has 2 fully saturated rings. The Kier molecular flexibility index (Phi) is 3.73. The lowest BCUT2D eigenvalue weighted by molar-refractivity contribution is -0.382. The summed E-state index contributed by atoms with van der Waals surface area (Å²) in [7, 11) is 3.52. The summed E-state index contributed by atoms with van der Waals surface area (Å²) in [6.07, 6.45) is 1.46. The van der Waals surface area contributed by atoms with Crippen molar-refractivity contribution in [3.8, 4) is 0 Å². The highest BCUT2D eigenvalue weighted by molar-refractivity contribution is 6.00. The Morgan fingerprint density at radius 2 is 1.84 bits per heavy atom. The molecule has 2 saturated heterocycles. The number of ether oxygens (including phenoxy) is 2. The van der Waals surface area contributed by atoms with Crippen LogP contribution < -0.4 is 9.80 Å². The molecule has 10 nitrogen and oxygen atoms in total. The van der Waals surface area contributed by atoms with Crippen LogP contribution in [0.1, 0.15) is 12.8 Å². The molecule has 0 radical (unpaired) electrons. The van der Waals surface area contributed by atoms with Crippen molar-refractivity contribution >= 4 is 28.1 Å². The predicted octanol–water partition coefficient (Wildman–Crippen LogP) is 1.54. The maximum absolute atomic E-state index is 11.5. The zero-order valence-corrected chi connectivity index (χ0v) is 14.1. The largest absolute Gasteiger partial charge is 0.372 e. The van der Waals surface area contributed by atoms with E-state index < -0.39 is 10.7 Å². The highest BCUT2D eigenvalue weighted by Gasteiger charge is 2.40. The number of rotatable bonds is 3. The predicted molar refractivity (Wildman–Crippen MR) is 88.9 cm³/mol. The fraction of sp³-hybridized carbons (Fsp3) is 0.600. The Bertz CT molecular complexity index is 804. The average molecular weight is 349 g/mol. The lowest BCUT2D eigenvalue weighted by atomic mass is 10.0. The summed E-state index contributed by atoms with van der Waals surface area (Å²) in [5.74, 6) is -0.483. The molecule has 4 rings (SSSR count). The van der Waals surface area contributed by atoms with Crippen molar-refractivity contribution in [2.24, 2.45) is 0 Å². The third-order valence-electron chi connectivity index (χ3n) is 4.82. The summed E-state index contributed by atoms with van der Waals surface area (Å²) in [5.41, 5.74) is 1.72. The van der Waals surface area contributed by atoms with Crippen LogP contribution in [0, 0.1) is 10.1 Å². The third kappa shape index (κ3) is 2.57. The van der Waals surface area contributed by atoms with Crippen LogP contribution in [0.4, 0.5) is 17.1 Å². The molecular weight excluding hydrogens is 330 g/mol. The molecule has 1 aromatic heterocycles. The van der Waals surface area contributed by atoms with Crippen molar-refractivity contribution < 1.29 is 19.0 Å². The molecule has 1 spiro atoms. The first-order chi connectivity index (χ1) is 12.0. The monoisotopic (exact) mass is 349 g/mol. The van der Waals surface area contributed by atoms with Gasteiger partial charge < -0.3 is 19.3 Å². The number of benzene rings is 1. The van der Waals surface area contributed by atoms with Crippen LogP contribution in [0.15, 0.2) is 10.7 Å². The van der Waals surface area contributed by atoms with E-state index in [0.29, 0.717) is 37.5 Å². The lowest BCUT2D eigenvalue weighted by Crippen LogP contribution is -2.45. The summed E-state index contributed by atoms with van der Waals surface area (Å²) in [6.45, 7) is 2.65. The van der Waals surface area contributed by atoms with Crippen LogP contribution in [0.25, 0.3) is 11.0 Å². The first kappa shape index (κ1) is 16.0. The molecule has 2 aliphatic heterocycles.